The quantitative estimate of drug-likeness (QED) is 0.137. The Morgan fingerprint density at radius 2 is 1.60 bits per heavy atom. The summed E-state index contributed by atoms with van der Waals surface area (Å²) in [4.78, 5) is 15.7. The Hall–Kier alpha value is -1.59. The van der Waals surface area contributed by atoms with E-state index in [1.807, 2.05) is 62.4 Å². The zero-order chi connectivity index (χ0) is 31.4. The summed E-state index contributed by atoms with van der Waals surface area (Å²) in [7, 11) is -0.365. The van der Waals surface area contributed by atoms with E-state index < -0.39 is 20.3 Å². The highest BCUT2D eigenvalue weighted by Crippen LogP contribution is 2.34. The predicted octanol–water partition coefficient (Wildman–Crippen LogP) is 7.10. The first-order valence-electron chi connectivity index (χ1n) is 15.7. The molecule has 1 amide bonds. The number of carbonyl (C=O) groups is 1. The molecule has 6 atom stereocenters. The van der Waals surface area contributed by atoms with Crippen LogP contribution in [-0.2, 0) is 31.7 Å². The fourth-order valence-electron chi connectivity index (χ4n) is 5.92. The maximum Gasteiger partial charge on any atom is 0.233 e. The third kappa shape index (κ3) is 9.95. The highest BCUT2D eigenvalue weighted by Gasteiger charge is 2.42. The Balaban J connectivity index is 1.79. The van der Waals surface area contributed by atoms with Crippen LogP contribution in [0.15, 0.2) is 60.7 Å². The Bertz CT molecular complexity index is 1110. The van der Waals surface area contributed by atoms with Crippen LogP contribution in [0.25, 0.3) is 0 Å². The molecule has 0 saturated carbocycles. The Morgan fingerprint density at radius 3 is 2.16 bits per heavy atom. The average Bonchev–Trinajstić information content (AvgIpc) is 3.40. The van der Waals surface area contributed by atoms with E-state index in [-0.39, 0.29) is 30.1 Å². The molecule has 238 valence electrons. The Morgan fingerprint density at radius 1 is 1.02 bits per heavy atom. The lowest BCUT2D eigenvalue weighted by atomic mass is 9.86. The largest absolute Gasteiger partial charge is 0.413 e. The number of nitrogens with zero attached hydrogens (tertiary/aromatic N) is 1. The summed E-state index contributed by atoms with van der Waals surface area (Å²) in [6, 6.07) is 23.3. The summed E-state index contributed by atoms with van der Waals surface area (Å²) in [5, 5.41) is 11.8. The average molecular weight is 646 g/mol. The molecule has 1 saturated heterocycles. The normalized spacial score (nSPS) is 19.2. The standard InChI is InChI=1S/C34H51NO5S2Si/c1-7-43(8-2,9-3)40-31(21-30(23-38-6)39-22-28-18-14-11-15-19-28)25(4)32(36)26(5)33(37)35-29(24-42-34(35)41)20-27-16-12-10-13-17-27/h10-19,25-26,29-32,36H,7-9,20-24H2,1-6H3/t25-,26+,29-,30+,31+,32-/m0/s1. The van der Waals surface area contributed by atoms with E-state index in [1.54, 1.807) is 23.8 Å². The monoisotopic (exact) mass is 645 g/mol. The number of hydrogen-bond acceptors (Lipinski definition) is 7. The maximum atomic E-state index is 14.0. The molecule has 1 heterocycles. The van der Waals surface area contributed by atoms with Gasteiger partial charge in [0.25, 0.3) is 0 Å². The van der Waals surface area contributed by atoms with Gasteiger partial charge in [-0.25, -0.2) is 0 Å². The number of methoxy groups -OCH3 is 1. The van der Waals surface area contributed by atoms with Gasteiger partial charge in [0.05, 0.1) is 43.5 Å². The summed E-state index contributed by atoms with van der Waals surface area (Å²) < 4.78 is 19.6. The van der Waals surface area contributed by atoms with Crippen LogP contribution in [0.3, 0.4) is 0 Å². The molecule has 0 spiro atoms. The number of hydrogen-bond donors (Lipinski definition) is 1. The second-order valence-corrected chi connectivity index (χ2v) is 18.2. The van der Waals surface area contributed by atoms with Crippen LogP contribution >= 0.6 is 24.0 Å². The number of amides is 1. The lowest BCUT2D eigenvalue weighted by molar-refractivity contribution is -0.138. The van der Waals surface area contributed by atoms with E-state index >= 15 is 0 Å². The van der Waals surface area contributed by atoms with Crippen LogP contribution in [-0.4, -0.2) is 72.4 Å². The molecular formula is C34H51NO5S2Si. The van der Waals surface area contributed by atoms with Gasteiger partial charge >= 0.3 is 0 Å². The molecule has 9 heteroatoms. The van der Waals surface area contributed by atoms with E-state index in [0.717, 1.165) is 35.9 Å². The predicted molar refractivity (Wildman–Crippen MR) is 184 cm³/mol. The molecule has 1 N–H and O–H groups in total. The third-order valence-electron chi connectivity index (χ3n) is 9.05. The lowest BCUT2D eigenvalue weighted by Crippen LogP contribution is -2.50. The smallest absolute Gasteiger partial charge is 0.233 e. The van der Waals surface area contributed by atoms with Crippen LogP contribution in [0.2, 0.25) is 18.1 Å². The lowest BCUT2D eigenvalue weighted by Gasteiger charge is -2.40. The van der Waals surface area contributed by atoms with Crippen molar-refractivity contribution >= 4 is 42.5 Å². The van der Waals surface area contributed by atoms with Gasteiger partial charge in [-0.15, -0.1) is 0 Å². The van der Waals surface area contributed by atoms with Gasteiger partial charge in [-0.3, -0.25) is 9.69 Å². The molecule has 2 aromatic carbocycles. The first-order valence-corrected chi connectivity index (χ1v) is 19.6. The number of aliphatic hydroxyl groups excluding tert-OH is 1. The van der Waals surface area contributed by atoms with Gasteiger partial charge in [-0.2, -0.15) is 0 Å². The van der Waals surface area contributed by atoms with E-state index in [4.69, 9.17) is 26.1 Å². The zero-order valence-corrected chi connectivity index (χ0v) is 29.4. The summed E-state index contributed by atoms with van der Waals surface area (Å²) in [6.07, 6.45) is -0.0984. The molecule has 0 radical (unpaired) electrons. The second-order valence-electron chi connectivity index (χ2n) is 11.8. The number of rotatable bonds is 18. The number of ether oxygens (including phenoxy) is 2. The number of carbonyl (C=O) groups excluding carboxylic acids is 1. The maximum absolute atomic E-state index is 14.0. The highest BCUT2D eigenvalue weighted by molar-refractivity contribution is 8.23. The Labute approximate surface area is 270 Å². The topological polar surface area (TPSA) is 68.2 Å². The molecule has 0 unspecified atom stereocenters. The minimum absolute atomic E-state index is 0.0257. The number of aliphatic hydroxyl groups is 1. The van der Waals surface area contributed by atoms with Crippen molar-refractivity contribution in [2.45, 2.75) is 96.6 Å². The van der Waals surface area contributed by atoms with Crippen LogP contribution in [0.1, 0.15) is 52.2 Å². The molecule has 3 rings (SSSR count). The fourth-order valence-corrected chi connectivity index (χ4v) is 10.3. The summed E-state index contributed by atoms with van der Waals surface area (Å²) in [5.74, 6) is -0.291. The fraction of sp³-hybridized carbons (Fsp3) is 0.588. The zero-order valence-electron chi connectivity index (χ0n) is 26.7. The number of thiocarbonyl (C=S) groups is 1. The van der Waals surface area contributed by atoms with E-state index in [1.165, 1.54) is 5.56 Å². The SMILES string of the molecule is CC[Si](CC)(CC)O[C@H](C[C@H](COC)OCc1ccccc1)[C@H](C)[C@H](O)[C@@H](C)C(=O)N1C(=S)SC[C@@H]1Cc1ccccc1. The van der Waals surface area contributed by atoms with Crippen LogP contribution in [0, 0.1) is 11.8 Å². The number of thioether (sulfide) groups is 1. The number of benzene rings is 2. The third-order valence-corrected chi connectivity index (χ3v) is 15.3. The van der Waals surface area contributed by atoms with Crippen LogP contribution in [0.5, 0.6) is 0 Å². The van der Waals surface area contributed by atoms with Gasteiger partial charge in [0.1, 0.15) is 4.32 Å². The van der Waals surface area contributed by atoms with E-state index in [9.17, 15) is 9.90 Å². The molecule has 1 aliphatic rings. The summed E-state index contributed by atoms with van der Waals surface area (Å²) in [6.45, 7) is 11.4. The van der Waals surface area contributed by atoms with Gasteiger partial charge < -0.3 is 19.0 Å². The second kappa shape index (κ2) is 17.8. The molecule has 2 aromatic rings. The van der Waals surface area contributed by atoms with Crippen molar-refractivity contribution in [3.05, 3.63) is 71.8 Å². The van der Waals surface area contributed by atoms with Crippen molar-refractivity contribution in [2.75, 3.05) is 19.5 Å². The highest BCUT2D eigenvalue weighted by atomic mass is 32.2. The van der Waals surface area contributed by atoms with Crippen LogP contribution < -0.4 is 0 Å². The molecule has 0 aromatic heterocycles. The minimum atomic E-state index is -2.05. The van der Waals surface area contributed by atoms with Gasteiger partial charge in [0, 0.05) is 25.2 Å². The molecule has 1 aliphatic heterocycles. The van der Waals surface area contributed by atoms with Crippen molar-refractivity contribution in [3.8, 4) is 0 Å². The van der Waals surface area contributed by atoms with E-state index in [0.29, 0.717) is 24.0 Å². The molecule has 1 fully saturated rings. The first kappa shape index (κ1) is 35.9. The van der Waals surface area contributed by atoms with E-state index in [2.05, 4.69) is 32.9 Å². The summed E-state index contributed by atoms with van der Waals surface area (Å²) in [5.41, 5.74) is 2.27. The van der Waals surface area contributed by atoms with Gasteiger partial charge in [0.15, 0.2) is 8.32 Å². The van der Waals surface area contributed by atoms with Gasteiger partial charge in [-0.1, -0.05) is 119 Å². The molecular weight excluding hydrogens is 595 g/mol. The van der Waals surface area contributed by atoms with Crippen molar-refractivity contribution < 1.29 is 23.8 Å². The molecule has 43 heavy (non-hydrogen) atoms. The van der Waals surface area contributed by atoms with Gasteiger partial charge in [0.2, 0.25) is 5.91 Å². The van der Waals surface area contributed by atoms with Crippen LogP contribution in [0.4, 0.5) is 0 Å². The van der Waals surface area contributed by atoms with Crippen molar-refractivity contribution in [1.82, 2.24) is 4.90 Å². The van der Waals surface area contributed by atoms with Gasteiger partial charge in [-0.05, 0) is 35.7 Å². The van der Waals surface area contributed by atoms with Crippen molar-refractivity contribution in [2.24, 2.45) is 11.8 Å². The molecule has 6 nitrogen and oxygen atoms in total. The molecule has 0 bridgehead atoms. The van der Waals surface area contributed by atoms with Crippen molar-refractivity contribution in [3.63, 3.8) is 0 Å². The molecule has 0 aliphatic carbocycles. The van der Waals surface area contributed by atoms with Crippen molar-refractivity contribution in [1.29, 1.82) is 0 Å². The summed E-state index contributed by atoms with van der Waals surface area (Å²) >= 11 is 7.19. The minimum Gasteiger partial charge on any atom is -0.413 e. The Kier molecular flexibility index (Phi) is 14.8. The first-order chi connectivity index (χ1) is 20.7.